The van der Waals surface area contributed by atoms with Gasteiger partial charge >= 0.3 is 0 Å². The van der Waals surface area contributed by atoms with E-state index in [1.165, 1.54) is 128 Å². The van der Waals surface area contributed by atoms with E-state index < -0.39 is 0 Å². The van der Waals surface area contributed by atoms with Gasteiger partial charge in [0.25, 0.3) is 0 Å². The lowest BCUT2D eigenvalue weighted by molar-refractivity contribution is -0.893. The lowest BCUT2D eigenvalue weighted by Crippen LogP contribution is -2.52. The van der Waals surface area contributed by atoms with Crippen molar-refractivity contribution in [2.24, 2.45) is 0 Å². The van der Waals surface area contributed by atoms with Crippen LogP contribution in [0.1, 0.15) is 156 Å². The molecule has 0 radical (unpaired) electrons. The topological polar surface area (TPSA) is 43.7 Å². The first-order chi connectivity index (χ1) is 20.0. The van der Waals surface area contributed by atoms with Crippen molar-refractivity contribution in [2.75, 3.05) is 74.0 Å². The highest BCUT2D eigenvalue weighted by atomic mass is 16.3. The number of nitrogens with zero attached hydrogens (tertiary/aromatic N) is 3. The first-order valence-electron chi connectivity index (χ1n) is 18.8. The second kappa shape index (κ2) is 27.1. The SMILES string of the molecule is CCCCCCCCCCCC[N+](C)(C)CC(O)CN(CCC)CC(O)C[N+](C)(C)CCCCCCCCCCCC. The van der Waals surface area contributed by atoms with Gasteiger partial charge in [-0.15, -0.1) is 0 Å². The van der Waals surface area contributed by atoms with Gasteiger partial charge in [-0.05, 0) is 38.6 Å². The summed E-state index contributed by atoms with van der Waals surface area (Å²) in [5.41, 5.74) is 0. The Labute approximate surface area is 265 Å². The van der Waals surface area contributed by atoms with Crippen LogP contribution in [0.5, 0.6) is 0 Å². The molecule has 0 amide bonds. The van der Waals surface area contributed by atoms with Crippen LogP contribution in [0, 0.1) is 0 Å². The zero-order valence-corrected chi connectivity index (χ0v) is 30.2. The molecule has 0 bridgehead atoms. The fourth-order valence-corrected chi connectivity index (χ4v) is 6.66. The van der Waals surface area contributed by atoms with Crippen molar-refractivity contribution >= 4 is 0 Å². The van der Waals surface area contributed by atoms with E-state index in [0.717, 1.165) is 48.1 Å². The molecule has 0 heterocycles. The Kier molecular flexibility index (Phi) is 27.0. The smallest absolute Gasteiger partial charge is 0.115 e. The van der Waals surface area contributed by atoms with Crippen molar-refractivity contribution < 1.29 is 19.2 Å². The van der Waals surface area contributed by atoms with Gasteiger partial charge in [0, 0.05) is 13.1 Å². The molecule has 2 N–H and O–H groups in total. The highest BCUT2D eigenvalue weighted by Gasteiger charge is 2.25. The second-order valence-corrected chi connectivity index (χ2v) is 15.1. The van der Waals surface area contributed by atoms with Crippen molar-refractivity contribution in [3.8, 4) is 0 Å². The third-order valence-electron chi connectivity index (χ3n) is 9.12. The molecule has 0 rings (SSSR count). The molecule has 254 valence electrons. The number of unbranched alkanes of at least 4 members (excludes halogenated alkanes) is 18. The van der Waals surface area contributed by atoms with Crippen LogP contribution >= 0.6 is 0 Å². The van der Waals surface area contributed by atoms with Gasteiger partial charge < -0.3 is 19.2 Å². The van der Waals surface area contributed by atoms with Crippen LogP contribution in [0.4, 0.5) is 0 Å². The molecule has 2 unspecified atom stereocenters. The summed E-state index contributed by atoms with van der Waals surface area (Å²) < 4.78 is 1.76. The normalized spacial score (nSPS) is 14.1. The number of hydrogen-bond donors (Lipinski definition) is 2. The lowest BCUT2D eigenvalue weighted by Gasteiger charge is -2.36. The minimum Gasteiger partial charge on any atom is -0.386 e. The highest BCUT2D eigenvalue weighted by molar-refractivity contribution is 4.69. The number of aliphatic hydroxyl groups excluding tert-OH is 2. The summed E-state index contributed by atoms with van der Waals surface area (Å²) in [6.07, 6.45) is 27.7. The zero-order chi connectivity index (χ0) is 31.5. The standard InChI is InChI=1S/C37H81N3O2/c1-8-11-13-15-17-19-21-23-25-27-30-39(4,5)34-36(41)32-38(29-10-3)33-37(42)35-40(6,7)31-28-26-24-22-20-18-16-14-12-9-2/h36-37,41-42H,8-35H2,1-7H3/q+2. The van der Waals surface area contributed by atoms with E-state index in [-0.39, 0.29) is 12.2 Å². The summed E-state index contributed by atoms with van der Waals surface area (Å²) >= 11 is 0. The van der Waals surface area contributed by atoms with E-state index >= 15 is 0 Å². The molecular formula is C37H81N3O2+2. The van der Waals surface area contributed by atoms with Crippen molar-refractivity contribution in [1.29, 1.82) is 0 Å². The number of aliphatic hydroxyl groups is 2. The predicted octanol–water partition coefficient (Wildman–Crippen LogP) is 8.41. The molecule has 0 saturated carbocycles. The molecule has 5 heteroatoms. The van der Waals surface area contributed by atoms with Crippen LogP contribution in [0.2, 0.25) is 0 Å². The molecule has 0 aliphatic carbocycles. The van der Waals surface area contributed by atoms with Crippen LogP contribution in [-0.2, 0) is 0 Å². The quantitative estimate of drug-likeness (QED) is 0.0603. The molecule has 2 atom stereocenters. The average Bonchev–Trinajstić information content (AvgIpc) is 2.90. The van der Waals surface area contributed by atoms with Crippen LogP contribution in [0.25, 0.3) is 0 Å². The molecule has 0 aromatic rings. The Morgan fingerprint density at radius 3 is 1.00 bits per heavy atom. The maximum absolute atomic E-state index is 11.0. The maximum Gasteiger partial charge on any atom is 0.115 e. The molecular weight excluding hydrogens is 518 g/mol. The number of rotatable bonds is 32. The van der Waals surface area contributed by atoms with E-state index in [4.69, 9.17) is 0 Å². The molecule has 0 aliphatic heterocycles. The fraction of sp³-hybridized carbons (Fsp3) is 1.00. The molecule has 5 nitrogen and oxygen atoms in total. The van der Waals surface area contributed by atoms with Gasteiger partial charge in [0.1, 0.15) is 25.3 Å². The third-order valence-corrected chi connectivity index (χ3v) is 9.12. The number of quaternary nitrogens is 2. The summed E-state index contributed by atoms with van der Waals surface area (Å²) in [6, 6.07) is 0. The van der Waals surface area contributed by atoms with Gasteiger partial charge in [0.15, 0.2) is 0 Å². The van der Waals surface area contributed by atoms with E-state index in [2.05, 4.69) is 53.9 Å². The van der Waals surface area contributed by atoms with Crippen LogP contribution in [0.3, 0.4) is 0 Å². The number of likely N-dealkylation sites (N-methyl/N-ethyl adjacent to an activating group) is 2. The lowest BCUT2D eigenvalue weighted by atomic mass is 10.1. The van der Waals surface area contributed by atoms with E-state index in [0.29, 0.717) is 13.1 Å². The Morgan fingerprint density at radius 2 is 0.714 bits per heavy atom. The third kappa shape index (κ3) is 27.4. The van der Waals surface area contributed by atoms with E-state index in [9.17, 15) is 10.2 Å². The molecule has 0 aromatic heterocycles. The number of hydrogen-bond acceptors (Lipinski definition) is 3. The minimum atomic E-state index is -0.351. The van der Waals surface area contributed by atoms with Gasteiger partial charge in [-0.2, -0.15) is 0 Å². The molecule has 0 aliphatic rings. The Balaban J connectivity index is 4.20. The summed E-state index contributed by atoms with van der Waals surface area (Å²) in [7, 11) is 9.07. The Morgan fingerprint density at radius 1 is 0.429 bits per heavy atom. The van der Waals surface area contributed by atoms with Gasteiger partial charge in [0.2, 0.25) is 0 Å². The molecule has 0 aromatic carbocycles. The van der Waals surface area contributed by atoms with Crippen molar-refractivity contribution in [1.82, 2.24) is 4.90 Å². The summed E-state index contributed by atoms with van der Waals surface area (Å²) in [4.78, 5) is 2.30. The van der Waals surface area contributed by atoms with Gasteiger partial charge in [-0.25, -0.2) is 0 Å². The second-order valence-electron chi connectivity index (χ2n) is 15.1. The molecule has 42 heavy (non-hydrogen) atoms. The maximum atomic E-state index is 11.0. The predicted molar refractivity (Wildman–Crippen MR) is 186 cm³/mol. The van der Waals surface area contributed by atoms with Crippen molar-refractivity contribution in [3.05, 3.63) is 0 Å². The minimum absolute atomic E-state index is 0.351. The summed E-state index contributed by atoms with van der Waals surface area (Å²) in [5, 5.41) is 22.0. The zero-order valence-electron chi connectivity index (χ0n) is 30.2. The summed E-state index contributed by atoms with van der Waals surface area (Å²) in [5.74, 6) is 0. The van der Waals surface area contributed by atoms with Gasteiger partial charge in [-0.1, -0.05) is 124 Å². The molecule has 0 spiro atoms. The fourth-order valence-electron chi connectivity index (χ4n) is 6.66. The molecule has 0 fully saturated rings. The highest BCUT2D eigenvalue weighted by Crippen LogP contribution is 2.14. The van der Waals surface area contributed by atoms with Gasteiger partial charge in [0.05, 0.1) is 41.3 Å². The Bertz CT molecular complexity index is 523. The average molecular weight is 600 g/mol. The van der Waals surface area contributed by atoms with E-state index in [1.807, 2.05) is 0 Å². The van der Waals surface area contributed by atoms with Crippen molar-refractivity contribution in [3.63, 3.8) is 0 Å². The van der Waals surface area contributed by atoms with Crippen LogP contribution in [-0.4, -0.2) is 110 Å². The largest absolute Gasteiger partial charge is 0.386 e. The molecule has 0 saturated heterocycles. The first-order valence-corrected chi connectivity index (χ1v) is 18.8. The van der Waals surface area contributed by atoms with Crippen molar-refractivity contribution in [2.45, 2.75) is 168 Å². The van der Waals surface area contributed by atoms with Crippen LogP contribution in [0.15, 0.2) is 0 Å². The van der Waals surface area contributed by atoms with E-state index in [1.54, 1.807) is 0 Å². The van der Waals surface area contributed by atoms with Crippen LogP contribution < -0.4 is 0 Å². The Hall–Kier alpha value is -0.200. The summed E-state index contributed by atoms with van der Waals surface area (Å²) in [6.45, 7) is 12.9. The monoisotopic (exact) mass is 600 g/mol. The first kappa shape index (κ1) is 41.8. The van der Waals surface area contributed by atoms with Gasteiger partial charge in [-0.3, -0.25) is 4.90 Å².